The maximum Gasteiger partial charge on any atom is 0.243 e. The number of nitrogens with zero attached hydrogens (tertiary/aromatic N) is 3. The molecule has 0 aromatic heterocycles. The summed E-state index contributed by atoms with van der Waals surface area (Å²) >= 11 is 6.00. The Balaban J connectivity index is 1.13. The number of benzene rings is 3. The molecule has 2 saturated heterocycles. The minimum absolute atomic E-state index is 0.121. The number of halogens is 1. The molecule has 0 saturated carbocycles. The largest absolute Gasteiger partial charge is 0.457 e. The zero-order chi connectivity index (χ0) is 27.9. The van der Waals surface area contributed by atoms with Crippen LogP contribution in [0.15, 0.2) is 78.9 Å². The molecule has 0 aliphatic carbocycles. The number of carbonyl (C=O) groups excluding carboxylic acids is 3. The molecule has 10 heteroatoms. The van der Waals surface area contributed by atoms with Gasteiger partial charge < -0.3 is 25.2 Å². The molecular formula is C30H32ClN5O4. The third-order valence-electron chi connectivity index (χ3n) is 7.07. The van der Waals surface area contributed by atoms with Crippen LogP contribution in [-0.2, 0) is 14.4 Å². The van der Waals surface area contributed by atoms with Gasteiger partial charge in [0.2, 0.25) is 17.7 Å². The predicted molar refractivity (Wildman–Crippen MR) is 155 cm³/mol. The Hall–Kier alpha value is -4.08. The van der Waals surface area contributed by atoms with Gasteiger partial charge in [0, 0.05) is 55.7 Å². The van der Waals surface area contributed by atoms with Crippen molar-refractivity contribution in [3.63, 3.8) is 0 Å². The molecule has 2 aliphatic heterocycles. The molecule has 2 heterocycles. The maximum absolute atomic E-state index is 13.3. The number of ether oxygens (including phenoxy) is 1. The Morgan fingerprint density at radius 3 is 2.25 bits per heavy atom. The number of piperazine rings is 2. The van der Waals surface area contributed by atoms with Gasteiger partial charge in [-0.15, -0.1) is 0 Å². The molecule has 1 atom stereocenters. The summed E-state index contributed by atoms with van der Waals surface area (Å²) in [7, 11) is 0. The second-order valence-corrected chi connectivity index (χ2v) is 10.3. The first-order valence-corrected chi connectivity index (χ1v) is 13.8. The van der Waals surface area contributed by atoms with Crippen LogP contribution in [0.1, 0.15) is 6.42 Å². The average Bonchev–Trinajstić information content (AvgIpc) is 2.96. The van der Waals surface area contributed by atoms with Crippen LogP contribution in [0.4, 0.5) is 11.4 Å². The smallest absolute Gasteiger partial charge is 0.243 e. The van der Waals surface area contributed by atoms with Crippen LogP contribution in [0.2, 0.25) is 5.02 Å². The fourth-order valence-corrected chi connectivity index (χ4v) is 5.06. The third kappa shape index (κ3) is 7.11. The van der Waals surface area contributed by atoms with E-state index in [0.717, 1.165) is 37.6 Å². The molecule has 2 fully saturated rings. The van der Waals surface area contributed by atoms with Crippen LogP contribution < -0.4 is 20.3 Å². The van der Waals surface area contributed by atoms with Gasteiger partial charge in [-0.1, -0.05) is 29.8 Å². The SMILES string of the molecule is O=C(CC1C(=O)NCCN1C(=O)CN1CCN(c2ccc(Cl)cc2)CC1)Nc1ccc(Oc2ccccc2)cc1. The van der Waals surface area contributed by atoms with E-state index in [1.807, 2.05) is 54.6 Å². The molecule has 40 heavy (non-hydrogen) atoms. The van der Waals surface area contributed by atoms with Gasteiger partial charge in [-0.05, 0) is 60.7 Å². The Bertz CT molecular complexity index is 1310. The summed E-state index contributed by atoms with van der Waals surface area (Å²) in [6, 6.07) is 23.3. The monoisotopic (exact) mass is 561 g/mol. The zero-order valence-corrected chi connectivity index (χ0v) is 22.8. The predicted octanol–water partition coefficient (Wildman–Crippen LogP) is 3.61. The topological polar surface area (TPSA) is 94.2 Å². The van der Waals surface area contributed by atoms with E-state index in [9.17, 15) is 14.4 Å². The number of rotatable bonds is 8. The van der Waals surface area contributed by atoms with Gasteiger partial charge in [-0.3, -0.25) is 19.3 Å². The molecule has 3 amide bonds. The van der Waals surface area contributed by atoms with E-state index >= 15 is 0 Å². The quantitative estimate of drug-likeness (QED) is 0.436. The van der Waals surface area contributed by atoms with Crippen molar-refractivity contribution in [2.75, 3.05) is 56.0 Å². The molecule has 9 nitrogen and oxygen atoms in total. The van der Waals surface area contributed by atoms with Crippen LogP contribution in [-0.4, -0.2) is 79.4 Å². The van der Waals surface area contributed by atoms with Crippen molar-refractivity contribution >= 4 is 40.7 Å². The maximum atomic E-state index is 13.3. The lowest BCUT2D eigenvalue weighted by Gasteiger charge is -2.39. The summed E-state index contributed by atoms with van der Waals surface area (Å²) in [4.78, 5) is 44.7. The molecule has 208 valence electrons. The number of anilines is 2. The second kappa shape index (κ2) is 12.8. The minimum Gasteiger partial charge on any atom is -0.457 e. The van der Waals surface area contributed by atoms with Crippen molar-refractivity contribution in [1.82, 2.24) is 15.1 Å². The summed E-state index contributed by atoms with van der Waals surface area (Å²) in [5.74, 6) is 0.564. The van der Waals surface area contributed by atoms with Crippen molar-refractivity contribution < 1.29 is 19.1 Å². The summed E-state index contributed by atoms with van der Waals surface area (Å²) in [5, 5.41) is 6.32. The molecular weight excluding hydrogens is 530 g/mol. The number of hydrogen-bond acceptors (Lipinski definition) is 6. The van der Waals surface area contributed by atoms with E-state index in [1.54, 1.807) is 29.2 Å². The highest BCUT2D eigenvalue weighted by molar-refractivity contribution is 6.30. The Morgan fingerprint density at radius 2 is 1.55 bits per heavy atom. The van der Waals surface area contributed by atoms with Crippen molar-refractivity contribution in [3.8, 4) is 11.5 Å². The molecule has 0 bridgehead atoms. The second-order valence-electron chi connectivity index (χ2n) is 9.83. The summed E-state index contributed by atoms with van der Waals surface area (Å²) in [5.41, 5.74) is 1.69. The van der Waals surface area contributed by atoms with Gasteiger partial charge in [0.1, 0.15) is 17.5 Å². The molecule has 2 aliphatic rings. The van der Waals surface area contributed by atoms with E-state index in [-0.39, 0.29) is 30.7 Å². The van der Waals surface area contributed by atoms with Crippen molar-refractivity contribution in [2.24, 2.45) is 0 Å². The van der Waals surface area contributed by atoms with Crippen LogP contribution in [0.5, 0.6) is 11.5 Å². The number of nitrogens with one attached hydrogen (secondary N) is 2. The van der Waals surface area contributed by atoms with Crippen LogP contribution in [0, 0.1) is 0 Å². The van der Waals surface area contributed by atoms with Gasteiger partial charge >= 0.3 is 0 Å². The van der Waals surface area contributed by atoms with Gasteiger partial charge in [-0.2, -0.15) is 0 Å². The molecule has 5 rings (SSSR count). The lowest BCUT2D eigenvalue weighted by atomic mass is 10.1. The first-order valence-electron chi connectivity index (χ1n) is 13.4. The van der Waals surface area contributed by atoms with Crippen molar-refractivity contribution in [2.45, 2.75) is 12.5 Å². The van der Waals surface area contributed by atoms with Crippen LogP contribution >= 0.6 is 11.6 Å². The molecule has 0 radical (unpaired) electrons. The summed E-state index contributed by atoms with van der Waals surface area (Å²) in [6.45, 7) is 3.98. The number of hydrogen-bond donors (Lipinski definition) is 2. The standard InChI is InChI=1S/C30H32ClN5O4/c31-22-6-10-24(11-7-22)35-18-16-34(17-19-35)21-29(38)36-15-14-32-30(39)27(36)20-28(37)33-23-8-12-26(13-9-23)40-25-4-2-1-3-5-25/h1-13,27H,14-21H2,(H,32,39)(H,33,37). The van der Waals surface area contributed by atoms with E-state index in [2.05, 4.69) is 20.4 Å². The number of amides is 3. The molecule has 0 spiro atoms. The summed E-state index contributed by atoms with van der Waals surface area (Å²) < 4.78 is 5.79. The Morgan fingerprint density at radius 1 is 0.875 bits per heavy atom. The minimum atomic E-state index is -0.850. The normalized spacial score (nSPS) is 17.7. The number of para-hydroxylation sites is 1. The molecule has 1 unspecified atom stereocenters. The highest BCUT2D eigenvalue weighted by Crippen LogP contribution is 2.23. The molecule has 3 aromatic rings. The van der Waals surface area contributed by atoms with Crippen LogP contribution in [0.25, 0.3) is 0 Å². The fraction of sp³-hybridized carbons (Fsp3) is 0.300. The van der Waals surface area contributed by atoms with Crippen molar-refractivity contribution in [3.05, 3.63) is 83.9 Å². The first kappa shape index (κ1) is 27.5. The fourth-order valence-electron chi connectivity index (χ4n) is 4.93. The molecule has 2 N–H and O–H groups in total. The zero-order valence-electron chi connectivity index (χ0n) is 22.1. The van der Waals surface area contributed by atoms with Crippen LogP contribution in [0.3, 0.4) is 0 Å². The lowest BCUT2D eigenvalue weighted by molar-refractivity contribution is -0.145. The van der Waals surface area contributed by atoms with Gasteiger partial charge in [-0.25, -0.2) is 0 Å². The van der Waals surface area contributed by atoms with Gasteiger partial charge in [0.25, 0.3) is 0 Å². The van der Waals surface area contributed by atoms with Gasteiger partial charge in [0.05, 0.1) is 13.0 Å². The Kier molecular flexibility index (Phi) is 8.83. The highest BCUT2D eigenvalue weighted by atomic mass is 35.5. The van der Waals surface area contributed by atoms with E-state index < -0.39 is 6.04 Å². The highest BCUT2D eigenvalue weighted by Gasteiger charge is 2.35. The third-order valence-corrected chi connectivity index (χ3v) is 7.32. The molecule has 3 aromatic carbocycles. The van der Waals surface area contributed by atoms with Gasteiger partial charge in [0.15, 0.2) is 0 Å². The van der Waals surface area contributed by atoms with E-state index in [0.29, 0.717) is 29.5 Å². The van der Waals surface area contributed by atoms with E-state index in [1.165, 1.54) is 0 Å². The average molecular weight is 562 g/mol. The summed E-state index contributed by atoms with van der Waals surface area (Å²) in [6.07, 6.45) is -0.121. The Labute approximate surface area is 238 Å². The first-order chi connectivity index (χ1) is 19.4. The number of carbonyl (C=O) groups is 3. The van der Waals surface area contributed by atoms with Crippen molar-refractivity contribution in [1.29, 1.82) is 0 Å². The van der Waals surface area contributed by atoms with E-state index in [4.69, 9.17) is 16.3 Å². The lowest BCUT2D eigenvalue weighted by Crippen LogP contribution is -2.60.